The van der Waals surface area contributed by atoms with E-state index in [4.69, 9.17) is 4.74 Å². The molecule has 0 aromatic carbocycles. The van der Waals surface area contributed by atoms with E-state index in [0.717, 1.165) is 88.7 Å². The number of thioether (sulfide) groups is 1. The van der Waals surface area contributed by atoms with E-state index in [2.05, 4.69) is 27.4 Å². The van der Waals surface area contributed by atoms with E-state index >= 15 is 0 Å². The lowest BCUT2D eigenvalue weighted by Crippen LogP contribution is -2.52. The number of hydrogen-bond acceptors (Lipinski definition) is 4. The van der Waals surface area contributed by atoms with Crippen molar-refractivity contribution in [3.63, 3.8) is 0 Å². The number of ether oxygens (including phenoxy) is 1. The molecule has 1 heterocycles. The van der Waals surface area contributed by atoms with E-state index in [1.165, 1.54) is 19.3 Å². The Morgan fingerprint density at radius 3 is 2.47 bits per heavy atom. The number of rotatable bonds is 7. The molecular formula is C23H42N4O2S. The Kier molecular flexibility index (Phi) is 9.63. The molecule has 1 saturated heterocycles. The van der Waals surface area contributed by atoms with Crippen LogP contribution in [0.5, 0.6) is 0 Å². The smallest absolute Gasteiger partial charge is 0.225 e. The molecule has 3 rings (SSSR count). The molecule has 172 valence electrons. The van der Waals surface area contributed by atoms with Crippen molar-refractivity contribution in [3.05, 3.63) is 0 Å². The first kappa shape index (κ1) is 23.7. The number of hydrogen-bond donors (Lipinski definition) is 2. The van der Waals surface area contributed by atoms with Gasteiger partial charge in [-0.05, 0) is 44.9 Å². The van der Waals surface area contributed by atoms with Crippen molar-refractivity contribution >= 4 is 23.6 Å². The van der Waals surface area contributed by atoms with E-state index in [-0.39, 0.29) is 11.5 Å². The zero-order valence-corrected chi connectivity index (χ0v) is 19.9. The second-order valence-corrected chi connectivity index (χ2v) is 10.4. The highest BCUT2D eigenvalue weighted by atomic mass is 32.2. The molecule has 0 aromatic rings. The molecule has 3 aliphatic rings. The number of guanidine groups is 1. The topological polar surface area (TPSA) is 66.0 Å². The highest BCUT2D eigenvalue weighted by Gasteiger charge is 2.34. The minimum absolute atomic E-state index is 0.0390. The van der Waals surface area contributed by atoms with Crippen LogP contribution in [0.15, 0.2) is 4.99 Å². The van der Waals surface area contributed by atoms with Crippen molar-refractivity contribution in [3.8, 4) is 0 Å². The van der Waals surface area contributed by atoms with Crippen molar-refractivity contribution in [2.24, 2.45) is 10.9 Å². The van der Waals surface area contributed by atoms with Gasteiger partial charge in [-0.2, -0.15) is 11.8 Å². The van der Waals surface area contributed by atoms with Crippen LogP contribution in [0.25, 0.3) is 0 Å². The molecule has 3 fully saturated rings. The van der Waals surface area contributed by atoms with Crippen LogP contribution in [0.1, 0.15) is 71.1 Å². The summed E-state index contributed by atoms with van der Waals surface area (Å²) in [6.07, 6.45) is 11.2. The van der Waals surface area contributed by atoms with Crippen molar-refractivity contribution in [1.29, 1.82) is 0 Å². The summed E-state index contributed by atoms with van der Waals surface area (Å²) < 4.78 is 6.31. The second-order valence-electron chi connectivity index (χ2n) is 9.15. The summed E-state index contributed by atoms with van der Waals surface area (Å²) in [6, 6.07) is 0.399. The lowest BCUT2D eigenvalue weighted by molar-refractivity contribution is -0.136. The first-order valence-corrected chi connectivity index (χ1v) is 13.3. The van der Waals surface area contributed by atoms with E-state index in [1.54, 1.807) is 0 Å². The molecule has 30 heavy (non-hydrogen) atoms. The molecule has 0 unspecified atom stereocenters. The fraction of sp³-hybridized carbons (Fsp3) is 0.913. The van der Waals surface area contributed by atoms with Gasteiger partial charge in [0.15, 0.2) is 5.96 Å². The van der Waals surface area contributed by atoms with E-state index in [0.29, 0.717) is 11.9 Å². The van der Waals surface area contributed by atoms with Gasteiger partial charge in [0.2, 0.25) is 5.91 Å². The van der Waals surface area contributed by atoms with Gasteiger partial charge < -0.3 is 20.3 Å². The molecule has 0 atom stereocenters. The number of carbonyl (C=O) groups is 1. The lowest BCUT2D eigenvalue weighted by atomic mass is 9.84. The predicted molar refractivity (Wildman–Crippen MR) is 126 cm³/mol. The number of aliphatic imine (C=N–C) groups is 1. The van der Waals surface area contributed by atoms with Crippen LogP contribution in [0, 0.1) is 5.92 Å². The molecular weight excluding hydrogens is 396 g/mol. The molecule has 1 amide bonds. The molecule has 6 nitrogen and oxygen atoms in total. The maximum atomic E-state index is 12.8. The predicted octanol–water partition coefficient (Wildman–Crippen LogP) is 3.42. The van der Waals surface area contributed by atoms with Gasteiger partial charge in [-0.15, -0.1) is 0 Å². The number of amides is 1. The molecule has 0 radical (unpaired) electrons. The fourth-order valence-electron chi connectivity index (χ4n) is 5.05. The third-order valence-electron chi connectivity index (χ3n) is 6.92. The molecule has 0 bridgehead atoms. The van der Waals surface area contributed by atoms with Crippen molar-refractivity contribution in [2.45, 2.75) is 82.8 Å². The Morgan fingerprint density at radius 2 is 1.83 bits per heavy atom. The number of nitrogens with zero attached hydrogens (tertiary/aromatic N) is 2. The SMILES string of the molecule is CCCOC1(CNC(=NC)NC2CCC(C(=O)N3CCSCC3)CC2)CCCCC1. The maximum Gasteiger partial charge on any atom is 0.225 e. The van der Waals surface area contributed by atoms with E-state index in [9.17, 15) is 4.79 Å². The van der Waals surface area contributed by atoms with Gasteiger partial charge in [-0.3, -0.25) is 9.79 Å². The first-order valence-electron chi connectivity index (χ1n) is 12.1. The molecule has 2 aliphatic carbocycles. The number of carbonyl (C=O) groups excluding carboxylic acids is 1. The normalized spacial score (nSPS) is 27.5. The Balaban J connectivity index is 1.43. The summed E-state index contributed by atoms with van der Waals surface area (Å²) in [5.74, 6) is 3.67. The Hall–Kier alpha value is -0.950. The summed E-state index contributed by atoms with van der Waals surface area (Å²) in [5, 5.41) is 7.17. The Morgan fingerprint density at radius 1 is 1.13 bits per heavy atom. The molecule has 0 spiro atoms. The van der Waals surface area contributed by atoms with Crippen LogP contribution in [-0.2, 0) is 9.53 Å². The first-order chi connectivity index (χ1) is 14.7. The average molecular weight is 439 g/mol. The summed E-state index contributed by atoms with van der Waals surface area (Å²) in [5.41, 5.74) is -0.0390. The van der Waals surface area contributed by atoms with Gasteiger partial charge in [-0.1, -0.05) is 26.2 Å². The molecule has 1 aliphatic heterocycles. The minimum Gasteiger partial charge on any atom is -0.373 e. The third-order valence-corrected chi connectivity index (χ3v) is 7.86. The highest BCUT2D eigenvalue weighted by molar-refractivity contribution is 7.99. The van der Waals surface area contributed by atoms with Crippen LogP contribution >= 0.6 is 11.8 Å². The molecule has 2 saturated carbocycles. The van der Waals surface area contributed by atoms with Gasteiger partial charge in [-0.25, -0.2) is 0 Å². The molecule has 2 N–H and O–H groups in total. The summed E-state index contributed by atoms with van der Waals surface area (Å²) in [6.45, 7) is 5.70. The second kappa shape index (κ2) is 12.2. The standard InChI is InChI=1S/C23H42N4O2S/c1-3-15-29-23(11-5-4-6-12-23)18-25-22(24-2)26-20-9-7-19(8-10-20)21(28)27-13-16-30-17-14-27/h19-20H,3-18H2,1-2H3,(H2,24,25,26). The minimum atomic E-state index is -0.0390. The third kappa shape index (κ3) is 6.78. The average Bonchev–Trinajstić information content (AvgIpc) is 2.81. The zero-order chi connectivity index (χ0) is 21.2. The van der Waals surface area contributed by atoms with Gasteiger partial charge >= 0.3 is 0 Å². The van der Waals surface area contributed by atoms with Crippen LogP contribution in [0.2, 0.25) is 0 Å². The van der Waals surface area contributed by atoms with Crippen LogP contribution < -0.4 is 10.6 Å². The summed E-state index contributed by atoms with van der Waals surface area (Å²) >= 11 is 1.96. The van der Waals surface area contributed by atoms with Gasteiger partial charge in [0, 0.05) is 56.8 Å². The van der Waals surface area contributed by atoms with Crippen LogP contribution in [0.4, 0.5) is 0 Å². The van der Waals surface area contributed by atoms with Gasteiger partial charge in [0.1, 0.15) is 0 Å². The van der Waals surface area contributed by atoms with E-state index < -0.39 is 0 Å². The van der Waals surface area contributed by atoms with Crippen molar-refractivity contribution in [1.82, 2.24) is 15.5 Å². The summed E-state index contributed by atoms with van der Waals surface area (Å²) in [4.78, 5) is 19.3. The maximum absolute atomic E-state index is 12.8. The monoisotopic (exact) mass is 438 g/mol. The lowest BCUT2D eigenvalue weighted by Gasteiger charge is -2.38. The van der Waals surface area contributed by atoms with Crippen LogP contribution in [0.3, 0.4) is 0 Å². The highest BCUT2D eigenvalue weighted by Crippen LogP contribution is 2.31. The van der Waals surface area contributed by atoms with Crippen molar-refractivity contribution < 1.29 is 9.53 Å². The number of nitrogens with one attached hydrogen (secondary N) is 2. The zero-order valence-electron chi connectivity index (χ0n) is 19.1. The largest absolute Gasteiger partial charge is 0.373 e. The quantitative estimate of drug-likeness (QED) is 0.471. The van der Waals surface area contributed by atoms with Crippen molar-refractivity contribution in [2.75, 3.05) is 44.8 Å². The Bertz CT molecular complexity index is 551. The fourth-order valence-corrected chi connectivity index (χ4v) is 5.95. The summed E-state index contributed by atoms with van der Waals surface area (Å²) in [7, 11) is 1.85. The van der Waals surface area contributed by atoms with Gasteiger partial charge in [0.05, 0.1) is 5.60 Å². The Labute approximate surface area is 187 Å². The molecule has 7 heteroatoms. The van der Waals surface area contributed by atoms with E-state index in [1.807, 2.05) is 18.8 Å². The van der Waals surface area contributed by atoms with Gasteiger partial charge in [0.25, 0.3) is 0 Å². The van der Waals surface area contributed by atoms with Crippen LogP contribution in [-0.4, -0.2) is 73.2 Å². The molecule has 0 aromatic heterocycles.